The average Bonchev–Trinajstić information content (AvgIpc) is 2.68. The molecule has 1 atom stereocenters. The molecule has 2 aliphatic heterocycles. The highest BCUT2D eigenvalue weighted by Crippen LogP contribution is 2.28. The third-order valence-corrected chi connectivity index (χ3v) is 7.06. The van der Waals surface area contributed by atoms with E-state index in [0.29, 0.717) is 36.9 Å². The van der Waals surface area contributed by atoms with Crippen molar-refractivity contribution in [2.45, 2.75) is 24.9 Å². The number of halogens is 1. The number of piperazine rings is 1. The topological polar surface area (TPSA) is 81.8 Å². The minimum Gasteiger partial charge on any atom is -0.368 e. The summed E-state index contributed by atoms with van der Waals surface area (Å²) in [6, 6.07) is 10.8. The number of fused-ring (bicyclic) bond motifs is 1. The van der Waals surface area contributed by atoms with Gasteiger partial charge in [0, 0.05) is 36.9 Å². The minimum absolute atomic E-state index is 0.161. The van der Waals surface area contributed by atoms with E-state index < -0.39 is 16.2 Å². The lowest BCUT2D eigenvalue weighted by Gasteiger charge is -2.39. The van der Waals surface area contributed by atoms with Crippen LogP contribution in [-0.2, 0) is 14.8 Å². The smallest absolute Gasteiger partial charge is 0.261 e. The molecule has 154 valence electrons. The van der Waals surface area contributed by atoms with Gasteiger partial charge in [-0.1, -0.05) is 23.7 Å². The van der Waals surface area contributed by atoms with E-state index in [1.165, 1.54) is 0 Å². The Morgan fingerprint density at radius 1 is 1.07 bits per heavy atom. The second kappa shape index (κ2) is 7.51. The van der Waals surface area contributed by atoms with Crippen molar-refractivity contribution >= 4 is 38.9 Å². The summed E-state index contributed by atoms with van der Waals surface area (Å²) in [5, 5.41) is 3.72. The van der Waals surface area contributed by atoms with Gasteiger partial charge in [-0.25, -0.2) is 8.42 Å². The van der Waals surface area contributed by atoms with Crippen LogP contribution in [0.4, 0.5) is 11.4 Å². The summed E-state index contributed by atoms with van der Waals surface area (Å²) in [5.74, 6) is -0.275. The highest BCUT2D eigenvalue weighted by Gasteiger charge is 2.36. The number of aryl methyl sites for hydroxylation is 2. The molecule has 0 radical (unpaired) electrons. The number of anilines is 2. The van der Waals surface area contributed by atoms with Crippen molar-refractivity contribution < 1.29 is 13.2 Å². The standard InChI is InChI=1S/C20H23ClN4O3S/c1-13-3-6-18-16(11-13)22-19(23-29(18,27)28)20(26)25-9-7-24(8-10-25)17-12-15(21)5-4-14(17)2/h3-6,11-12,19,22-23H,7-10H2,1-2H3/t19-/m0/s1. The number of hydrogen-bond acceptors (Lipinski definition) is 5. The molecule has 29 heavy (non-hydrogen) atoms. The van der Waals surface area contributed by atoms with Gasteiger partial charge in [0.05, 0.1) is 5.69 Å². The van der Waals surface area contributed by atoms with E-state index in [0.717, 1.165) is 16.8 Å². The van der Waals surface area contributed by atoms with Gasteiger partial charge < -0.3 is 15.1 Å². The van der Waals surface area contributed by atoms with E-state index >= 15 is 0 Å². The van der Waals surface area contributed by atoms with Gasteiger partial charge in [0.25, 0.3) is 5.91 Å². The van der Waals surface area contributed by atoms with Crippen LogP contribution in [0.1, 0.15) is 11.1 Å². The quantitative estimate of drug-likeness (QED) is 0.758. The Balaban J connectivity index is 1.47. The van der Waals surface area contributed by atoms with Crippen molar-refractivity contribution in [2.75, 3.05) is 36.4 Å². The Bertz CT molecular complexity index is 1070. The van der Waals surface area contributed by atoms with Gasteiger partial charge in [-0.05, 0) is 49.2 Å². The first-order chi connectivity index (χ1) is 13.7. The van der Waals surface area contributed by atoms with E-state index in [-0.39, 0.29) is 10.8 Å². The van der Waals surface area contributed by atoms with Gasteiger partial charge in [-0.3, -0.25) is 4.79 Å². The van der Waals surface area contributed by atoms with Crippen LogP contribution in [0.3, 0.4) is 0 Å². The second-order valence-corrected chi connectivity index (χ2v) is 9.56. The number of nitrogens with zero attached hydrogens (tertiary/aromatic N) is 2. The maximum atomic E-state index is 13.0. The number of carbonyl (C=O) groups is 1. The highest BCUT2D eigenvalue weighted by atomic mass is 35.5. The molecule has 2 aliphatic rings. The van der Waals surface area contributed by atoms with Crippen molar-refractivity contribution in [1.29, 1.82) is 0 Å². The first-order valence-electron chi connectivity index (χ1n) is 9.44. The third-order valence-electron chi connectivity index (χ3n) is 5.35. The fourth-order valence-electron chi connectivity index (χ4n) is 3.78. The van der Waals surface area contributed by atoms with E-state index in [4.69, 9.17) is 11.6 Å². The SMILES string of the molecule is Cc1ccc2c(c1)N[C@H](C(=O)N1CCN(c3cc(Cl)ccc3C)CC1)NS2(=O)=O. The predicted octanol–water partition coefficient (Wildman–Crippen LogP) is 2.34. The van der Waals surface area contributed by atoms with Crippen LogP contribution in [-0.4, -0.2) is 51.6 Å². The number of sulfonamides is 1. The zero-order chi connectivity index (χ0) is 20.8. The maximum Gasteiger partial charge on any atom is 0.261 e. The first kappa shape index (κ1) is 20.0. The number of nitrogens with one attached hydrogen (secondary N) is 2. The highest BCUT2D eigenvalue weighted by molar-refractivity contribution is 7.89. The van der Waals surface area contributed by atoms with Gasteiger partial charge in [0.15, 0.2) is 6.17 Å². The van der Waals surface area contributed by atoms with Gasteiger partial charge in [-0.15, -0.1) is 0 Å². The Hall–Kier alpha value is -2.29. The zero-order valence-corrected chi connectivity index (χ0v) is 17.8. The average molecular weight is 435 g/mol. The van der Waals surface area contributed by atoms with Crippen LogP contribution in [0, 0.1) is 13.8 Å². The molecule has 9 heteroatoms. The summed E-state index contributed by atoms with van der Waals surface area (Å²) >= 11 is 6.13. The molecule has 2 N–H and O–H groups in total. The Morgan fingerprint density at radius 2 is 1.79 bits per heavy atom. The normalized spacial score (nSPS) is 20.7. The van der Waals surface area contributed by atoms with Crippen LogP contribution < -0.4 is 14.9 Å². The molecule has 4 rings (SSSR count). The largest absolute Gasteiger partial charge is 0.368 e. The second-order valence-electron chi connectivity index (χ2n) is 7.44. The lowest BCUT2D eigenvalue weighted by atomic mass is 10.1. The molecule has 0 bridgehead atoms. The number of carbonyl (C=O) groups excluding carboxylic acids is 1. The molecule has 2 aromatic carbocycles. The molecule has 2 heterocycles. The number of hydrogen-bond donors (Lipinski definition) is 2. The van der Waals surface area contributed by atoms with Crippen molar-refractivity contribution in [3.63, 3.8) is 0 Å². The van der Waals surface area contributed by atoms with Crippen molar-refractivity contribution in [3.05, 3.63) is 52.5 Å². The van der Waals surface area contributed by atoms with Gasteiger partial charge >= 0.3 is 0 Å². The van der Waals surface area contributed by atoms with Crippen LogP contribution in [0.15, 0.2) is 41.3 Å². The molecule has 0 saturated carbocycles. The van der Waals surface area contributed by atoms with Gasteiger partial charge in [-0.2, -0.15) is 4.72 Å². The Kier molecular flexibility index (Phi) is 5.18. The van der Waals surface area contributed by atoms with E-state index in [9.17, 15) is 13.2 Å². The molecule has 1 fully saturated rings. The molecule has 2 aromatic rings. The molecular weight excluding hydrogens is 412 g/mol. The van der Waals surface area contributed by atoms with Crippen LogP contribution >= 0.6 is 11.6 Å². The van der Waals surface area contributed by atoms with Crippen LogP contribution in [0.5, 0.6) is 0 Å². The lowest BCUT2D eigenvalue weighted by Crippen LogP contribution is -2.58. The Morgan fingerprint density at radius 3 is 2.52 bits per heavy atom. The van der Waals surface area contributed by atoms with Crippen LogP contribution in [0.25, 0.3) is 0 Å². The Labute approximate surface area is 175 Å². The summed E-state index contributed by atoms with van der Waals surface area (Å²) in [6.45, 7) is 6.23. The summed E-state index contributed by atoms with van der Waals surface area (Å²) in [6.07, 6.45) is -1.01. The molecule has 0 aromatic heterocycles. The molecule has 0 spiro atoms. The number of rotatable bonds is 2. The molecule has 0 unspecified atom stereocenters. The fraction of sp³-hybridized carbons (Fsp3) is 0.350. The van der Waals surface area contributed by atoms with Crippen LogP contribution in [0.2, 0.25) is 5.02 Å². The third kappa shape index (κ3) is 3.92. The zero-order valence-electron chi connectivity index (χ0n) is 16.3. The van der Waals surface area contributed by atoms with E-state index in [1.54, 1.807) is 23.1 Å². The summed E-state index contributed by atoms with van der Waals surface area (Å²) in [5.41, 5.74) is 3.56. The van der Waals surface area contributed by atoms with E-state index in [1.807, 2.05) is 32.0 Å². The molecule has 1 amide bonds. The van der Waals surface area contributed by atoms with Crippen molar-refractivity contribution in [2.24, 2.45) is 0 Å². The monoisotopic (exact) mass is 434 g/mol. The number of amides is 1. The lowest BCUT2D eigenvalue weighted by molar-refractivity contribution is -0.132. The number of benzene rings is 2. The fourth-order valence-corrected chi connectivity index (χ4v) is 5.20. The van der Waals surface area contributed by atoms with Crippen molar-refractivity contribution in [3.8, 4) is 0 Å². The summed E-state index contributed by atoms with van der Waals surface area (Å²) in [4.78, 5) is 17.0. The first-order valence-corrected chi connectivity index (χ1v) is 11.3. The van der Waals surface area contributed by atoms with Crippen molar-refractivity contribution in [1.82, 2.24) is 9.62 Å². The predicted molar refractivity (Wildman–Crippen MR) is 114 cm³/mol. The van der Waals surface area contributed by atoms with Gasteiger partial charge in [0.2, 0.25) is 10.0 Å². The molecule has 1 saturated heterocycles. The van der Waals surface area contributed by atoms with E-state index in [2.05, 4.69) is 14.9 Å². The maximum absolute atomic E-state index is 13.0. The minimum atomic E-state index is -3.74. The van der Waals surface area contributed by atoms with Gasteiger partial charge in [0.1, 0.15) is 4.90 Å². The summed E-state index contributed by atoms with van der Waals surface area (Å²) in [7, 11) is -3.74. The molecular formula is C20H23ClN4O3S. The summed E-state index contributed by atoms with van der Waals surface area (Å²) < 4.78 is 27.6. The molecule has 7 nitrogen and oxygen atoms in total. The molecule has 0 aliphatic carbocycles.